The monoisotopic (exact) mass is 234 g/mol. The largest absolute Gasteiger partial charge is 0.335 e. The van der Waals surface area contributed by atoms with Gasteiger partial charge >= 0.3 is 0 Å². The smallest absolute Gasteiger partial charge is 0.161 e. The van der Waals surface area contributed by atoms with E-state index in [4.69, 9.17) is 0 Å². The summed E-state index contributed by atoms with van der Waals surface area (Å²) in [6, 6.07) is 8.89. The standard InChI is InChI=1S/C13H18N2S/c1-9(2)12-8-16-13(15-12)14-11-6-4-10(3)5-7-11/h4-7,9,12H,8H2,1-3H3,(H,14,15). The number of aliphatic imine (C=N–C) groups is 1. The van der Waals surface area contributed by atoms with Crippen molar-refractivity contribution in [2.75, 3.05) is 11.1 Å². The van der Waals surface area contributed by atoms with E-state index in [1.54, 1.807) is 0 Å². The molecule has 0 radical (unpaired) electrons. The lowest BCUT2D eigenvalue weighted by molar-refractivity contribution is 0.543. The number of hydrogen-bond acceptors (Lipinski definition) is 3. The molecule has 0 bridgehead atoms. The summed E-state index contributed by atoms with van der Waals surface area (Å²) in [6.07, 6.45) is 0. The number of aryl methyl sites for hydroxylation is 1. The summed E-state index contributed by atoms with van der Waals surface area (Å²) >= 11 is 1.82. The third-order valence-electron chi connectivity index (χ3n) is 2.75. The molecule has 3 heteroatoms. The van der Waals surface area contributed by atoms with E-state index < -0.39 is 0 Å². The average Bonchev–Trinajstić information content (AvgIpc) is 2.70. The summed E-state index contributed by atoms with van der Waals surface area (Å²) in [4.78, 5) is 4.67. The van der Waals surface area contributed by atoms with Crippen LogP contribution in [0.3, 0.4) is 0 Å². The van der Waals surface area contributed by atoms with Crippen LogP contribution in [-0.2, 0) is 0 Å². The summed E-state index contributed by atoms with van der Waals surface area (Å²) in [5.74, 6) is 1.73. The fourth-order valence-corrected chi connectivity index (χ4v) is 2.75. The number of rotatable bonds is 2. The molecule has 1 aromatic carbocycles. The SMILES string of the molecule is Cc1ccc(NC2=NC(C(C)C)CS2)cc1. The van der Waals surface area contributed by atoms with Gasteiger partial charge in [-0.2, -0.15) is 0 Å². The molecule has 0 fully saturated rings. The predicted molar refractivity (Wildman–Crippen MR) is 73.3 cm³/mol. The second-order valence-electron chi connectivity index (χ2n) is 4.55. The number of benzene rings is 1. The minimum absolute atomic E-state index is 0.470. The number of anilines is 1. The van der Waals surface area contributed by atoms with Gasteiger partial charge < -0.3 is 5.32 Å². The molecule has 16 heavy (non-hydrogen) atoms. The molecule has 0 aliphatic carbocycles. The second kappa shape index (κ2) is 4.91. The molecule has 2 nitrogen and oxygen atoms in total. The van der Waals surface area contributed by atoms with E-state index in [0.29, 0.717) is 12.0 Å². The van der Waals surface area contributed by atoms with Crippen LogP contribution >= 0.6 is 11.8 Å². The lowest BCUT2D eigenvalue weighted by Gasteiger charge is -2.08. The van der Waals surface area contributed by atoms with E-state index in [9.17, 15) is 0 Å². The van der Waals surface area contributed by atoms with Crippen molar-refractivity contribution in [3.63, 3.8) is 0 Å². The van der Waals surface area contributed by atoms with Gasteiger partial charge in [0.25, 0.3) is 0 Å². The molecule has 1 aliphatic rings. The van der Waals surface area contributed by atoms with Gasteiger partial charge in [0.1, 0.15) is 0 Å². The quantitative estimate of drug-likeness (QED) is 0.846. The Hall–Kier alpha value is -0.960. The minimum atomic E-state index is 0.470. The molecular formula is C13H18N2S. The molecule has 0 saturated carbocycles. The third-order valence-corrected chi connectivity index (χ3v) is 3.74. The number of amidine groups is 1. The Morgan fingerprint density at radius 2 is 2.00 bits per heavy atom. The van der Waals surface area contributed by atoms with Crippen LogP contribution < -0.4 is 5.32 Å². The van der Waals surface area contributed by atoms with E-state index in [2.05, 4.69) is 55.3 Å². The molecule has 0 amide bonds. The highest BCUT2D eigenvalue weighted by molar-refractivity contribution is 8.14. The molecule has 1 aliphatic heterocycles. The maximum atomic E-state index is 4.67. The lowest BCUT2D eigenvalue weighted by atomic mass is 10.1. The fraction of sp³-hybridized carbons (Fsp3) is 0.462. The van der Waals surface area contributed by atoms with Crippen LogP contribution in [0.2, 0.25) is 0 Å². The Morgan fingerprint density at radius 1 is 1.31 bits per heavy atom. The van der Waals surface area contributed by atoms with E-state index in [-0.39, 0.29) is 0 Å². The summed E-state index contributed by atoms with van der Waals surface area (Å²) in [6.45, 7) is 6.55. The minimum Gasteiger partial charge on any atom is -0.335 e. The Morgan fingerprint density at radius 3 is 2.56 bits per heavy atom. The van der Waals surface area contributed by atoms with Gasteiger partial charge in [-0.15, -0.1) is 0 Å². The molecule has 0 saturated heterocycles. The van der Waals surface area contributed by atoms with Crippen molar-refractivity contribution in [2.24, 2.45) is 10.9 Å². The zero-order valence-electron chi connectivity index (χ0n) is 10.0. The Balaban J connectivity index is 2.01. The Labute approximate surface area is 102 Å². The normalized spacial score (nSPS) is 20.0. The van der Waals surface area contributed by atoms with Crippen LogP contribution in [0, 0.1) is 12.8 Å². The van der Waals surface area contributed by atoms with Crippen molar-refractivity contribution in [3.05, 3.63) is 29.8 Å². The molecule has 1 aromatic rings. The second-order valence-corrected chi connectivity index (χ2v) is 5.56. The molecule has 1 unspecified atom stereocenters. The summed E-state index contributed by atoms with van der Waals surface area (Å²) < 4.78 is 0. The van der Waals surface area contributed by atoms with Crippen molar-refractivity contribution in [1.29, 1.82) is 0 Å². The number of thioether (sulfide) groups is 1. The maximum absolute atomic E-state index is 4.67. The summed E-state index contributed by atoms with van der Waals surface area (Å²) in [7, 11) is 0. The van der Waals surface area contributed by atoms with Gasteiger partial charge in [-0.05, 0) is 25.0 Å². The van der Waals surface area contributed by atoms with Gasteiger partial charge in [-0.1, -0.05) is 43.3 Å². The molecule has 0 aromatic heterocycles. The van der Waals surface area contributed by atoms with Crippen molar-refractivity contribution in [2.45, 2.75) is 26.8 Å². The van der Waals surface area contributed by atoms with Crippen molar-refractivity contribution < 1.29 is 0 Å². The maximum Gasteiger partial charge on any atom is 0.161 e. The first-order valence-corrected chi connectivity index (χ1v) is 6.68. The van der Waals surface area contributed by atoms with Crippen molar-refractivity contribution >= 4 is 22.6 Å². The molecule has 86 valence electrons. The number of nitrogens with zero attached hydrogens (tertiary/aromatic N) is 1. The lowest BCUT2D eigenvalue weighted by Crippen LogP contribution is -2.12. The molecule has 1 N–H and O–H groups in total. The highest BCUT2D eigenvalue weighted by Crippen LogP contribution is 2.24. The Bertz CT molecular complexity index is 381. The highest BCUT2D eigenvalue weighted by Gasteiger charge is 2.20. The molecule has 1 atom stereocenters. The first-order valence-electron chi connectivity index (χ1n) is 5.69. The summed E-state index contributed by atoms with van der Waals surface area (Å²) in [5.41, 5.74) is 2.41. The van der Waals surface area contributed by atoms with Gasteiger partial charge in [0.15, 0.2) is 5.17 Å². The van der Waals surface area contributed by atoms with Gasteiger partial charge in [0.05, 0.1) is 6.04 Å². The topological polar surface area (TPSA) is 24.4 Å². The third kappa shape index (κ3) is 2.79. The van der Waals surface area contributed by atoms with Crippen LogP contribution in [0.1, 0.15) is 19.4 Å². The van der Waals surface area contributed by atoms with E-state index in [1.807, 2.05) is 11.8 Å². The zero-order chi connectivity index (χ0) is 11.5. The highest BCUT2D eigenvalue weighted by atomic mass is 32.2. The van der Waals surface area contributed by atoms with Gasteiger partial charge in [-0.25, -0.2) is 0 Å². The van der Waals surface area contributed by atoms with Crippen molar-refractivity contribution in [3.8, 4) is 0 Å². The first kappa shape index (κ1) is 11.5. The van der Waals surface area contributed by atoms with Gasteiger partial charge in [0, 0.05) is 11.4 Å². The van der Waals surface area contributed by atoms with E-state index in [0.717, 1.165) is 16.6 Å². The van der Waals surface area contributed by atoms with Crippen LogP contribution in [0.15, 0.2) is 29.3 Å². The van der Waals surface area contributed by atoms with Crippen molar-refractivity contribution in [1.82, 2.24) is 0 Å². The average molecular weight is 234 g/mol. The molecule has 0 spiro atoms. The van der Waals surface area contributed by atoms with Crippen LogP contribution in [0.5, 0.6) is 0 Å². The van der Waals surface area contributed by atoms with Gasteiger partial charge in [0.2, 0.25) is 0 Å². The van der Waals surface area contributed by atoms with Crippen LogP contribution in [-0.4, -0.2) is 17.0 Å². The Kier molecular flexibility index (Phi) is 3.54. The van der Waals surface area contributed by atoms with Gasteiger partial charge in [-0.3, -0.25) is 4.99 Å². The number of nitrogens with one attached hydrogen (secondary N) is 1. The molecule has 1 heterocycles. The zero-order valence-corrected chi connectivity index (χ0v) is 10.8. The predicted octanol–water partition coefficient (Wildman–Crippen LogP) is 3.53. The molecular weight excluding hydrogens is 216 g/mol. The van der Waals surface area contributed by atoms with Crippen LogP contribution in [0.4, 0.5) is 5.69 Å². The first-order chi connectivity index (χ1) is 7.65. The summed E-state index contributed by atoms with van der Waals surface area (Å²) in [5, 5.41) is 4.42. The molecule has 2 rings (SSSR count). The number of hydrogen-bond donors (Lipinski definition) is 1. The van der Waals surface area contributed by atoms with E-state index >= 15 is 0 Å². The fourth-order valence-electron chi connectivity index (χ4n) is 1.56. The van der Waals surface area contributed by atoms with E-state index in [1.165, 1.54) is 5.56 Å². The van der Waals surface area contributed by atoms with Crippen LogP contribution in [0.25, 0.3) is 0 Å².